The number of carbonyl (C=O) groups excluding carboxylic acids is 1. The highest BCUT2D eigenvalue weighted by atomic mass is 32.2. The molecule has 4 rings (SSSR count). The minimum Gasteiger partial charge on any atom is -0.493 e. The average molecular weight is 506 g/mol. The van der Waals surface area contributed by atoms with Crippen LogP contribution in [0.3, 0.4) is 0 Å². The van der Waals surface area contributed by atoms with Gasteiger partial charge >= 0.3 is 0 Å². The highest BCUT2D eigenvalue weighted by Crippen LogP contribution is 2.35. The molecule has 35 heavy (non-hydrogen) atoms. The van der Waals surface area contributed by atoms with Crippen molar-refractivity contribution in [2.75, 3.05) is 13.2 Å². The molecular weight excluding hydrogens is 474 g/mol. The van der Waals surface area contributed by atoms with E-state index in [4.69, 9.17) is 22.1 Å². The Hall–Kier alpha value is -2.90. The monoisotopic (exact) mass is 505 g/mol. The van der Waals surface area contributed by atoms with Gasteiger partial charge < -0.3 is 4.74 Å². The van der Waals surface area contributed by atoms with E-state index in [0.29, 0.717) is 28.3 Å². The van der Waals surface area contributed by atoms with Crippen LogP contribution < -0.4 is 4.74 Å². The number of nitrogens with zero attached hydrogens (tertiary/aromatic N) is 3. The Bertz CT molecular complexity index is 1200. The van der Waals surface area contributed by atoms with E-state index >= 15 is 0 Å². The van der Waals surface area contributed by atoms with Crippen molar-refractivity contribution < 1.29 is 9.53 Å². The van der Waals surface area contributed by atoms with E-state index in [0.717, 1.165) is 47.5 Å². The summed E-state index contributed by atoms with van der Waals surface area (Å²) in [7, 11) is 0. The number of hydrogen-bond donors (Lipinski definition) is 0. The number of rotatable bonds is 10. The van der Waals surface area contributed by atoms with Gasteiger partial charge in [0.15, 0.2) is 0 Å². The second-order valence-electron chi connectivity index (χ2n) is 8.98. The van der Waals surface area contributed by atoms with E-state index in [9.17, 15) is 4.79 Å². The average Bonchev–Trinajstić information content (AvgIpc) is 3.40. The van der Waals surface area contributed by atoms with Gasteiger partial charge in [0.25, 0.3) is 5.91 Å². The number of benzene rings is 2. The molecule has 5 nitrogen and oxygen atoms in total. The van der Waals surface area contributed by atoms with Crippen LogP contribution in [0.15, 0.2) is 65.7 Å². The molecule has 1 aliphatic heterocycles. The maximum Gasteiger partial charge on any atom is 0.266 e. The first kappa shape index (κ1) is 25.2. The topological polar surface area (TPSA) is 47.4 Å². The molecule has 1 aromatic heterocycles. The number of thiocarbonyl (C=S) groups is 1. The molecule has 0 N–H and O–H groups in total. The van der Waals surface area contributed by atoms with Crippen LogP contribution >= 0.6 is 24.0 Å². The Morgan fingerprint density at radius 3 is 2.51 bits per heavy atom. The summed E-state index contributed by atoms with van der Waals surface area (Å²) in [6.45, 7) is 7.75. The number of para-hydroxylation sites is 1. The van der Waals surface area contributed by atoms with E-state index < -0.39 is 0 Å². The van der Waals surface area contributed by atoms with Crippen molar-refractivity contribution in [3.63, 3.8) is 0 Å². The van der Waals surface area contributed by atoms with Gasteiger partial charge in [-0.2, -0.15) is 5.10 Å². The summed E-state index contributed by atoms with van der Waals surface area (Å²) in [6, 6.07) is 17.9. The van der Waals surface area contributed by atoms with Crippen LogP contribution in [0.4, 0.5) is 0 Å². The Labute approximate surface area is 217 Å². The van der Waals surface area contributed by atoms with Gasteiger partial charge in [-0.25, -0.2) is 4.68 Å². The molecule has 0 spiro atoms. The summed E-state index contributed by atoms with van der Waals surface area (Å²) in [6.07, 6.45) is 7.04. The van der Waals surface area contributed by atoms with E-state index in [1.807, 2.05) is 71.6 Å². The Morgan fingerprint density at radius 2 is 1.83 bits per heavy atom. The fourth-order valence-corrected chi connectivity index (χ4v) is 5.06. The SMILES string of the molecule is CCCCCN1C(=O)C(=Cc2cn(-c3ccccc3)nc2-c2ccc(OCC(C)C)cc2)SC1=S. The lowest BCUT2D eigenvalue weighted by Crippen LogP contribution is -2.28. The van der Waals surface area contributed by atoms with Crippen LogP contribution in [0.25, 0.3) is 23.0 Å². The lowest BCUT2D eigenvalue weighted by molar-refractivity contribution is -0.122. The third-order valence-corrected chi connectivity index (χ3v) is 7.00. The van der Waals surface area contributed by atoms with Crippen molar-refractivity contribution in [2.24, 2.45) is 5.92 Å². The number of thioether (sulfide) groups is 1. The zero-order valence-corrected chi connectivity index (χ0v) is 22.1. The van der Waals surface area contributed by atoms with Crippen molar-refractivity contribution in [2.45, 2.75) is 40.0 Å². The highest BCUT2D eigenvalue weighted by molar-refractivity contribution is 8.26. The van der Waals surface area contributed by atoms with Crippen LogP contribution in [-0.2, 0) is 4.79 Å². The molecule has 0 bridgehead atoms. The first-order valence-electron chi connectivity index (χ1n) is 12.1. The predicted molar refractivity (Wildman–Crippen MR) is 149 cm³/mol. The quantitative estimate of drug-likeness (QED) is 0.169. The van der Waals surface area contributed by atoms with Crippen molar-refractivity contribution in [3.8, 4) is 22.7 Å². The van der Waals surface area contributed by atoms with Crippen LogP contribution in [0.2, 0.25) is 0 Å². The Balaban J connectivity index is 1.66. The summed E-state index contributed by atoms with van der Waals surface area (Å²) in [5.41, 5.74) is 3.60. The molecule has 1 aliphatic rings. The Morgan fingerprint density at radius 1 is 1.09 bits per heavy atom. The van der Waals surface area contributed by atoms with Crippen LogP contribution in [0.5, 0.6) is 5.75 Å². The molecule has 1 saturated heterocycles. The summed E-state index contributed by atoms with van der Waals surface area (Å²) in [4.78, 5) is 15.5. The number of amides is 1. The maximum atomic E-state index is 13.1. The van der Waals surface area contributed by atoms with Crippen molar-refractivity contribution in [1.29, 1.82) is 0 Å². The summed E-state index contributed by atoms with van der Waals surface area (Å²) in [5, 5.41) is 4.88. The molecule has 1 amide bonds. The minimum atomic E-state index is -0.0213. The zero-order valence-electron chi connectivity index (χ0n) is 20.4. The number of unbranched alkanes of at least 4 members (excludes halogenated alkanes) is 2. The Kier molecular flexibility index (Phi) is 8.42. The molecule has 0 saturated carbocycles. The third kappa shape index (κ3) is 6.21. The maximum absolute atomic E-state index is 13.1. The standard InChI is InChI=1S/C28H31N3O2S2/c1-4-5-9-16-30-27(32)25(35-28(30)34)17-22-18-31(23-10-7-6-8-11-23)29-26(22)21-12-14-24(15-13-21)33-19-20(2)3/h6-8,10-15,17-18,20H,4-5,9,16,19H2,1-3H3. The molecule has 3 aromatic rings. The molecule has 0 aliphatic carbocycles. The summed E-state index contributed by atoms with van der Waals surface area (Å²) in [5.74, 6) is 1.27. The smallest absolute Gasteiger partial charge is 0.266 e. The van der Waals surface area contributed by atoms with Gasteiger partial charge in [-0.1, -0.05) is 75.8 Å². The number of ether oxygens (including phenoxy) is 1. The van der Waals surface area contributed by atoms with Gasteiger partial charge in [0.2, 0.25) is 0 Å². The van der Waals surface area contributed by atoms with Crippen molar-refractivity contribution in [1.82, 2.24) is 14.7 Å². The van der Waals surface area contributed by atoms with Gasteiger partial charge in [-0.3, -0.25) is 9.69 Å². The highest BCUT2D eigenvalue weighted by Gasteiger charge is 2.32. The molecule has 2 aromatic carbocycles. The van der Waals surface area contributed by atoms with Crippen molar-refractivity contribution >= 4 is 40.3 Å². The van der Waals surface area contributed by atoms with Gasteiger partial charge in [-0.05, 0) is 54.8 Å². The normalized spacial score (nSPS) is 15.0. The fraction of sp³-hybridized carbons (Fsp3) is 0.321. The lowest BCUT2D eigenvalue weighted by Gasteiger charge is -2.13. The van der Waals surface area contributed by atoms with Gasteiger partial charge in [-0.15, -0.1) is 0 Å². The van der Waals surface area contributed by atoms with E-state index in [-0.39, 0.29) is 5.91 Å². The fourth-order valence-electron chi connectivity index (χ4n) is 3.76. The van der Waals surface area contributed by atoms with Gasteiger partial charge in [0.05, 0.1) is 22.9 Å². The zero-order chi connectivity index (χ0) is 24.8. The molecule has 2 heterocycles. The molecule has 0 atom stereocenters. The number of hydrogen-bond acceptors (Lipinski definition) is 5. The first-order chi connectivity index (χ1) is 17.0. The minimum absolute atomic E-state index is 0.0213. The largest absolute Gasteiger partial charge is 0.493 e. The molecular formula is C28H31N3O2S2. The van der Waals surface area contributed by atoms with Gasteiger partial charge in [0, 0.05) is 23.9 Å². The van der Waals surface area contributed by atoms with E-state index in [1.165, 1.54) is 11.8 Å². The molecule has 1 fully saturated rings. The summed E-state index contributed by atoms with van der Waals surface area (Å²) >= 11 is 6.89. The molecule has 7 heteroatoms. The van der Waals surface area contributed by atoms with Crippen LogP contribution in [0, 0.1) is 5.92 Å². The second-order valence-corrected chi connectivity index (χ2v) is 10.7. The van der Waals surface area contributed by atoms with Crippen LogP contribution in [0.1, 0.15) is 45.6 Å². The van der Waals surface area contributed by atoms with E-state index in [1.54, 1.807) is 4.90 Å². The second kappa shape index (κ2) is 11.7. The predicted octanol–water partition coefficient (Wildman–Crippen LogP) is 6.97. The van der Waals surface area contributed by atoms with Crippen LogP contribution in [-0.4, -0.2) is 38.1 Å². The molecule has 182 valence electrons. The lowest BCUT2D eigenvalue weighted by atomic mass is 10.1. The van der Waals surface area contributed by atoms with Gasteiger partial charge in [0.1, 0.15) is 10.1 Å². The first-order valence-corrected chi connectivity index (χ1v) is 13.3. The third-order valence-electron chi connectivity index (χ3n) is 5.62. The molecule has 0 radical (unpaired) electrons. The number of aromatic nitrogens is 2. The van der Waals surface area contributed by atoms with Crippen molar-refractivity contribution in [3.05, 3.63) is 71.3 Å². The molecule has 0 unspecified atom stereocenters. The number of carbonyl (C=O) groups is 1. The van der Waals surface area contributed by atoms with E-state index in [2.05, 4.69) is 20.8 Å². The summed E-state index contributed by atoms with van der Waals surface area (Å²) < 4.78 is 8.32.